The fourth-order valence-electron chi connectivity index (χ4n) is 4.38. The lowest BCUT2D eigenvalue weighted by Crippen LogP contribution is -2.35. The van der Waals surface area contributed by atoms with Crippen LogP contribution in [0.1, 0.15) is 11.1 Å². The largest absolute Gasteiger partial charge is 0.289 e. The SMILES string of the molecule is Cc1cccc(P2(=O)c3ccccc3-c3ccc(C)cc3N2c2c(F)c(F)c(F)c(F)c2F)c1. The predicted octanol–water partition coefficient (Wildman–Crippen LogP) is 7.05. The third kappa shape index (κ3) is 3.03. The monoisotopic (exact) mass is 485 g/mol. The van der Waals surface area contributed by atoms with Gasteiger partial charge in [0.2, 0.25) is 13.1 Å². The number of hydrogen-bond donors (Lipinski definition) is 0. The lowest BCUT2D eigenvalue weighted by atomic mass is 10.0. The minimum absolute atomic E-state index is 0.0896. The lowest BCUT2D eigenvalue weighted by molar-refractivity contribution is 0.381. The second-order valence-electron chi connectivity index (χ2n) is 8.18. The zero-order valence-electron chi connectivity index (χ0n) is 18.0. The highest BCUT2D eigenvalue weighted by Crippen LogP contribution is 2.62. The van der Waals surface area contributed by atoms with Crippen LogP contribution < -0.4 is 15.3 Å². The van der Waals surface area contributed by atoms with Crippen molar-refractivity contribution in [2.45, 2.75) is 13.8 Å². The number of rotatable bonds is 2. The van der Waals surface area contributed by atoms with Gasteiger partial charge in [-0.3, -0.25) is 9.24 Å². The molecule has 0 aliphatic carbocycles. The summed E-state index contributed by atoms with van der Waals surface area (Å²) in [6.07, 6.45) is 0. The van der Waals surface area contributed by atoms with Gasteiger partial charge in [-0.15, -0.1) is 0 Å². The number of hydrogen-bond acceptors (Lipinski definition) is 1. The number of fused-ring (bicyclic) bond motifs is 3. The molecule has 0 fully saturated rings. The van der Waals surface area contributed by atoms with Crippen molar-refractivity contribution in [3.63, 3.8) is 0 Å². The molecule has 0 saturated carbocycles. The van der Waals surface area contributed by atoms with Gasteiger partial charge >= 0.3 is 0 Å². The van der Waals surface area contributed by atoms with E-state index in [1.165, 1.54) is 12.1 Å². The highest BCUT2D eigenvalue weighted by atomic mass is 31.2. The highest BCUT2D eigenvalue weighted by Gasteiger charge is 2.46. The maximum atomic E-state index is 15.2. The first-order valence-electron chi connectivity index (χ1n) is 10.4. The van der Waals surface area contributed by atoms with Crippen LogP contribution in [0, 0.1) is 42.9 Å². The van der Waals surface area contributed by atoms with Crippen molar-refractivity contribution in [3.05, 3.63) is 107 Å². The van der Waals surface area contributed by atoms with Crippen molar-refractivity contribution >= 4 is 29.3 Å². The van der Waals surface area contributed by atoms with E-state index in [2.05, 4.69) is 0 Å². The first kappa shape index (κ1) is 22.4. The molecule has 1 aliphatic rings. The standard InChI is InChI=1S/C26H17F5NOP/c1-14-6-5-7-16(12-14)34(33)20-9-4-3-8-18(20)17-11-10-15(2)13-19(17)32(34)26-24(30)22(28)21(27)23(29)25(26)31/h3-13H,1-2H3. The van der Waals surface area contributed by atoms with Crippen molar-refractivity contribution in [3.8, 4) is 11.1 Å². The Labute approximate surface area is 192 Å². The Balaban J connectivity index is 2.00. The number of benzene rings is 4. The van der Waals surface area contributed by atoms with Gasteiger partial charge in [-0.25, -0.2) is 22.0 Å². The topological polar surface area (TPSA) is 20.3 Å². The molecular formula is C26H17F5NOP. The van der Waals surface area contributed by atoms with Crippen molar-refractivity contribution in [1.29, 1.82) is 0 Å². The van der Waals surface area contributed by atoms with Crippen LogP contribution >= 0.6 is 7.29 Å². The molecule has 0 amide bonds. The Bertz CT molecular complexity index is 1510. The van der Waals surface area contributed by atoms with Crippen LogP contribution in [-0.2, 0) is 4.57 Å². The summed E-state index contributed by atoms with van der Waals surface area (Å²) < 4.78 is 88.9. The summed E-state index contributed by atoms with van der Waals surface area (Å²) >= 11 is 0. The normalized spacial score (nSPS) is 16.9. The molecule has 4 aromatic rings. The molecule has 1 heterocycles. The average Bonchev–Trinajstić information content (AvgIpc) is 2.83. The highest BCUT2D eigenvalue weighted by molar-refractivity contribution is 7.80. The van der Waals surface area contributed by atoms with E-state index < -0.39 is 42.1 Å². The molecule has 1 unspecified atom stereocenters. The maximum Gasteiger partial charge on any atom is 0.234 e. The fraction of sp³-hybridized carbons (Fsp3) is 0.0769. The van der Waals surface area contributed by atoms with E-state index in [-0.39, 0.29) is 16.3 Å². The number of nitrogens with zero attached hydrogens (tertiary/aromatic N) is 1. The van der Waals surface area contributed by atoms with Gasteiger partial charge in [-0.2, -0.15) is 0 Å². The predicted molar refractivity (Wildman–Crippen MR) is 123 cm³/mol. The molecule has 1 aliphatic heterocycles. The van der Waals surface area contributed by atoms with Crippen molar-refractivity contribution in [2.24, 2.45) is 0 Å². The Morgan fingerprint density at radius 2 is 1.26 bits per heavy atom. The Hall–Kier alpha value is -3.44. The van der Waals surface area contributed by atoms with Crippen molar-refractivity contribution in [2.75, 3.05) is 4.67 Å². The molecule has 8 heteroatoms. The number of aryl methyl sites for hydroxylation is 2. The van der Waals surface area contributed by atoms with Crippen LogP contribution in [0.4, 0.5) is 33.3 Å². The molecule has 1 atom stereocenters. The van der Waals surface area contributed by atoms with Gasteiger partial charge in [0.05, 0.1) is 5.69 Å². The maximum absolute atomic E-state index is 15.2. The van der Waals surface area contributed by atoms with E-state index in [0.717, 1.165) is 10.2 Å². The van der Waals surface area contributed by atoms with Gasteiger partial charge in [0.25, 0.3) is 0 Å². The first-order chi connectivity index (χ1) is 16.2. The quantitative estimate of drug-likeness (QED) is 0.131. The minimum Gasteiger partial charge on any atom is -0.289 e. The summed E-state index contributed by atoms with van der Waals surface area (Å²) in [5.41, 5.74) is 1.24. The van der Waals surface area contributed by atoms with E-state index >= 15 is 13.3 Å². The molecule has 4 aromatic carbocycles. The summed E-state index contributed by atoms with van der Waals surface area (Å²) in [7, 11) is -4.18. The molecule has 0 spiro atoms. The number of halogens is 5. The summed E-state index contributed by atoms with van der Waals surface area (Å²) in [5.74, 6) is -10.6. The number of anilines is 2. The van der Waals surface area contributed by atoms with Gasteiger partial charge in [-0.05, 0) is 49.2 Å². The molecule has 5 rings (SSSR count). The average molecular weight is 485 g/mol. The Morgan fingerprint density at radius 1 is 0.647 bits per heavy atom. The third-order valence-electron chi connectivity index (χ3n) is 5.93. The summed E-state index contributed by atoms with van der Waals surface area (Å²) in [5, 5.41) is 0.442. The zero-order valence-corrected chi connectivity index (χ0v) is 18.9. The lowest BCUT2D eigenvalue weighted by Gasteiger charge is -2.40. The van der Waals surface area contributed by atoms with Gasteiger partial charge in [0.15, 0.2) is 23.3 Å². The summed E-state index contributed by atoms with van der Waals surface area (Å²) in [6.45, 7) is 3.47. The molecule has 0 saturated heterocycles. The molecule has 0 bridgehead atoms. The van der Waals surface area contributed by atoms with Crippen LogP contribution in [0.5, 0.6) is 0 Å². The summed E-state index contributed by atoms with van der Waals surface area (Å²) in [4.78, 5) is 0. The van der Waals surface area contributed by atoms with Gasteiger partial charge in [-0.1, -0.05) is 48.0 Å². The molecular weight excluding hydrogens is 468 g/mol. The van der Waals surface area contributed by atoms with E-state index in [1.54, 1.807) is 68.4 Å². The fourth-order valence-corrected chi connectivity index (χ4v) is 7.51. The van der Waals surface area contributed by atoms with E-state index in [1.807, 2.05) is 0 Å². The molecule has 2 nitrogen and oxygen atoms in total. The van der Waals surface area contributed by atoms with Crippen LogP contribution in [0.15, 0.2) is 66.7 Å². The second-order valence-corrected chi connectivity index (χ2v) is 10.7. The Kier molecular flexibility index (Phi) is 5.14. The van der Waals surface area contributed by atoms with E-state index in [0.29, 0.717) is 16.7 Å². The van der Waals surface area contributed by atoms with Crippen molar-refractivity contribution in [1.82, 2.24) is 0 Å². The minimum atomic E-state index is -4.18. The molecule has 0 radical (unpaired) electrons. The third-order valence-corrected chi connectivity index (χ3v) is 8.93. The van der Waals surface area contributed by atoms with Crippen LogP contribution in [0.2, 0.25) is 0 Å². The van der Waals surface area contributed by atoms with Crippen molar-refractivity contribution < 1.29 is 26.5 Å². The molecule has 172 valence electrons. The van der Waals surface area contributed by atoms with Crippen LogP contribution in [0.25, 0.3) is 11.1 Å². The molecule has 0 aromatic heterocycles. The van der Waals surface area contributed by atoms with Crippen LogP contribution in [-0.4, -0.2) is 0 Å². The first-order valence-corrected chi connectivity index (χ1v) is 12.0. The van der Waals surface area contributed by atoms with Gasteiger partial charge in [0.1, 0.15) is 5.69 Å². The Morgan fingerprint density at radius 3 is 1.94 bits per heavy atom. The van der Waals surface area contributed by atoms with Crippen LogP contribution in [0.3, 0.4) is 0 Å². The van der Waals surface area contributed by atoms with Gasteiger partial charge < -0.3 is 0 Å². The van der Waals surface area contributed by atoms with E-state index in [4.69, 9.17) is 0 Å². The molecule has 34 heavy (non-hydrogen) atoms. The summed E-state index contributed by atoms with van der Waals surface area (Å²) in [6, 6.07) is 18.1. The molecule has 0 N–H and O–H groups in total. The van der Waals surface area contributed by atoms with Gasteiger partial charge in [0, 0.05) is 16.2 Å². The van der Waals surface area contributed by atoms with E-state index in [9.17, 15) is 13.2 Å². The zero-order chi connectivity index (χ0) is 24.4. The second kappa shape index (κ2) is 7.81. The smallest absolute Gasteiger partial charge is 0.234 e.